The predicted molar refractivity (Wildman–Crippen MR) is 63.6 cm³/mol. The number of halogens is 3. The van der Waals surface area contributed by atoms with E-state index in [-0.39, 0.29) is 0 Å². The molecule has 1 unspecified atom stereocenters. The van der Waals surface area contributed by atoms with Crippen molar-refractivity contribution in [3.63, 3.8) is 0 Å². The summed E-state index contributed by atoms with van der Waals surface area (Å²) in [6.45, 7) is 3.23. The van der Waals surface area contributed by atoms with Crippen molar-refractivity contribution in [1.29, 1.82) is 0 Å². The fraction of sp³-hybridized carbons (Fsp3) is 0.538. The van der Waals surface area contributed by atoms with Crippen molar-refractivity contribution in [2.24, 2.45) is 5.92 Å². The lowest BCUT2D eigenvalue weighted by Gasteiger charge is -2.16. The molecule has 1 saturated heterocycles. The lowest BCUT2D eigenvalue weighted by molar-refractivity contribution is 0.313. The van der Waals surface area contributed by atoms with E-state index >= 15 is 0 Å². The first-order valence-corrected chi connectivity index (χ1v) is 6.10. The Morgan fingerprint density at radius 1 is 1.28 bits per heavy atom. The van der Waals surface area contributed by atoms with Crippen molar-refractivity contribution in [1.82, 2.24) is 10.2 Å². The molecule has 1 aliphatic heterocycles. The molecule has 2 nitrogen and oxygen atoms in total. The van der Waals surface area contributed by atoms with Gasteiger partial charge in [-0.15, -0.1) is 0 Å². The number of hydrogen-bond acceptors (Lipinski definition) is 2. The first-order valence-electron chi connectivity index (χ1n) is 6.10. The Hall–Kier alpha value is -1.07. The van der Waals surface area contributed by atoms with Gasteiger partial charge in [-0.05, 0) is 50.2 Å². The molecule has 5 heteroatoms. The second-order valence-corrected chi connectivity index (χ2v) is 4.82. The first kappa shape index (κ1) is 13.4. The molecule has 0 amide bonds. The van der Waals surface area contributed by atoms with Crippen molar-refractivity contribution in [3.8, 4) is 0 Å². The smallest absolute Gasteiger partial charge is 0.194 e. The first-order chi connectivity index (χ1) is 8.60. The Morgan fingerprint density at radius 3 is 2.56 bits per heavy atom. The molecule has 2 rings (SSSR count). The fourth-order valence-electron chi connectivity index (χ4n) is 2.47. The van der Waals surface area contributed by atoms with Crippen LogP contribution in [0.15, 0.2) is 12.1 Å². The molecular formula is C13H17F3N2. The molecular weight excluding hydrogens is 241 g/mol. The molecule has 18 heavy (non-hydrogen) atoms. The number of likely N-dealkylation sites (tertiary alicyclic amines) is 1. The van der Waals surface area contributed by atoms with Gasteiger partial charge in [0.2, 0.25) is 0 Å². The second kappa shape index (κ2) is 5.71. The van der Waals surface area contributed by atoms with E-state index in [1.54, 1.807) is 0 Å². The Labute approximate surface area is 105 Å². The Bertz CT molecular complexity index is 400. The average molecular weight is 258 g/mol. The van der Waals surface area contributed by atoms with Gasteiger partial charge in [0.1, 0.15) is 0 Å². The van der Waals surface area contributed by atoms with E-state index in [0.29, 0.717) is 18.0 Å². The number of benzene rings is 1. The van der Waals surface area contributed by atoms with Gasteiger partial charge in [0.25, 0.3) is 0 Å². The quantitative estimate of drug-likeness (QED) is 0.832. The van der Waals surface area contributed by atoms with Crippen molar-refractivity contribution < 1.29 is 13.2 Å². The van der Waals surface area contributed by atoms with Crippen LogP contribution in [-0.4, -0.2) is 31.6 Å². The average Bonchev–Trinajstić information content (AvgIpc) is 2.74. The Morgan fingerprint density at radius 2 is 1.94 bits per heavy atom. The van der Waals surface area contributed by atoms with Gasteiger partial charge in [-0.25, -0.2) is 13.2 Å². The highest BCUT2D eigenvalue weighted by Gasteiger charge is 2.22. The zero-order chi connectivity index (χ0) is 13.1. The van der Waals surface area contributed by atoms with Gasteiger partial charge < -0.3 is 5.32 Å². The molecule has 1 fully saturated rings. The third-order valence-electron chi connectivity index (χ3n) is 3.31. The molecule has 0 radical (unpaired) electrons. The summed E-state index contributed by atoms with van der Waals surface area (Å²) in [5.41, 5.74) is 0.483. The molecule has 0 saturated carbocycles. The van der Waals surface area contributed by atoms with Crippen LogP contribution >= 0.6 is 0 Å². The fourth-order valence-corrected chi connectivity index (χ4v) is 2.47. The highest BCUT2D eigenvalue weighted by molar-refractivity contribution is 5.19. The number of nitrogens with one attached hydrogen (secondary N) is 1. The lowest BCUT2D eigenvalue weighted by Crippen LogP contribution is -2.24. The molecule has 1 heterocycles. The summed E-state index contributed by atoms with van der Waals surface area (Å²) in [5.74, 6) is -3.05. The van der Waals surface area contributed by atoms with Crippen LogP contribution < -0.4 is 5.32 Å². The normalized spacial score (nSPS) is 20.6. The Kier molecular flexibility index (Phi) is 4.24. The summed E-state index contributed by atoms with van der Waals surface area (Å²) in [5, 5.41) is 3.12. The third kappa shape index (κ3) is 3.03. The molecule has 1 aliphatic rings. The van der Waals surface area contributed by atoms with Crippen LogP contribution in [0.25, 0.3) is 0 Å². The number of hydrogen-bond donors (Lipinski definition) is 1. The van der Waals surface area contributed by atoms with Crippen LogP contribution in [0.4, 0.5) is 13.2 Å². The predicted octanol–water partition coefficient (Wildman–Crippen LogP) is 2.15. The van der Waals surface area contributed by atoms with E-state index in [2.05, 4.69) is 10.2 Å². The maximum atomic E-state index is 13.1. The summed E-state index contributed by atoms with van der Waals surface area (Å²) < 4.78 is 39.0. The lowest BCUT2D eigenvalue weighted by atomic mass is 10.1. The van der Waals surface area contributed by atoms with Gasteiger partial charge in [-0.3, -0.25) is 4.90 Å². The number of nitrogens with zero attached hydrogens (tertiary/aromatic N) is 1. The molecule has 1 aromatic rings. The van der Waals surface area contributed by atoms with E-state index in [4.69, 9.17) is 0 Å². The summed E-state index contributed by atoms with van der Waals surface area (Å²) in [6, 6.07) is 2.15. The van der Waals surface area contributed by atoms with Crippen molar-refractivity contribution in [3.05, 3.63) is 35.1 Å². The van der Waals surface area contributed by atoms with E-state index in [1.165, 1.54) is 0 Å². The van der Waals surface area contributed by atoms with Crippen molar-refractivity contribution in [2.45, 2.75) is 13.0 Å². The Balaban J connectivity index is 1.98. The van der Waals surface area contributed by atoms with Gasteiger partial charge >= 0.3 is 0 Å². The third-order valence-corrected chi connectivity index (χ3v) is 3.31. The van der Waals surface area contributed by atoms with Crippen LogP contribution in [0.1, 0.15) is 12.0 Å². The molecule has 100 valence electrons. The van der Waals surface area contributed by atoms with E-state index in [0.717, 1.165) is 38.2 Å². The highest BCUT2D eigenvalue weighted by Crippen LogP contribution is 2.20. The minimum absolute atomic E-state index is 0.467. The highest BCUT2D eigenvalue weighted by atomic mass is 19.2. The summed E-state index contributed by atoms with van der Waals surface area (Å²) in [7, 11) is 1.91. The molecule has 1 N–H and O–H groups in total. The van der Waals surface area contributed by atoms with Crippen molar-refractivity contribution in [2.75, 3.05) is 26.7 Å². The standard InChI is InChI=1S/C13H17F3N2/c1-17-6-9-2-3-18(7-9)8-10-4-11(14)13(16)12(15)5-10/h4-5,9,17H,2-3,6-8H2,1H3. The van der Waals surface area contributed by atoms with E-state index < -0.39 is 17.5 Å². The van der Waals surface area contributed by atoms with Crippen LogP contribution in [0, 0.1) is 23.4 Å². The van der Waals surface area contributed by atoms with E-state index in [9.17, 15) is 13.2 Å². The topological polar surface area (TPSA) is 15.3 Å². The zero-order valence-corrected chi connectivity index (χ0v) is 10.3. The van der Waals surface area contributed by atoms with Gasteiger partial charge in [-0.2, -0.15) is 0 Å². The monoisotopic (exact) mass is 258 g/mol. The molecule has 0 bridgehead atoms. The minimum atomic E-state index is -1.40. The molecule has 0 aliphatic carbocycles. The molecule has 0 spiro atoms. The van der Waals surface area contributed by atoms with Gasteiger partial charge in [0, 0.05) is 13.1 Å². The van der Waals surface area contributed by atoms with Gasteiger partial charge in [-0.1, -0.05) is 0 Å². The minimum Gasteiger partial charge on any atom is -0.319 e. The number of rotatable bonds is 4. The summed E-state index contributed by atoms with van der Waals surface area (Å²) in [4.78, 5) is 2.13. The van der Waals surface area contributed by atoms with E-state index in [1.807, 2.05) is 7.05 Å². The summed E-state index contributed by atoms with van der Waals surface area (Å²) >= 11 is 0. The van der Waals surface area contributed by atoms with Crippen LogP contribution in [-0.2, 0) is 6.54 Å². The molecule has 1 atom stereocenters. The second-order valence-electron chi connectivity index (χ2n) is 4.82. The summed E-state index contributed by atoms with van der Waals surface area (Å²) in [6.07, 6.45) is 1.08. The molecule has 1 aromatic carbocycles. The maximum Gasteiger partial charge on any atom is 0.194 e. The van der Waals surface area contributed by atoms with Gasteiger partial charge in [0.15, 0.2) is 17.5 Å². The van der Waals surface area contributed by atoms with Crippen molar-refractivity contribution >= 4 is 0 Å². The van der Waals surface area contributed by atoms with Crippen LogP contribution in [0.3, 0.4) is 0 Å². The SMILES string of the molecule is CNCC1CCN(Cc2cc(F)c(F)c(F)c2)C1. The largest absolute Gasteiger partial charge is 0.319 e. The van der Waals surface area contributed by atoms with Crippen LogP contribution in [0.5, 0.6) is 0 Å². The maximum absolute atomic E-state index is 13.1. The zero-order valence-electron chi connectivity index (χ0n) is 10.3. The molecule has 0 aromatic heterocycles. The van der Waals surface area contributed by atoms with Crippen LogP contribution in [0.2, 0.25) is 0 Å². The van der Waals surface area contributed by atoms with Gasteiger partial charge in [0.05, 0.1) is 0 Å².